The summed E-state index contributed by atoms with van der Waals surface area (Å²) in [6, 6.07) is 6.85. The molecule has 1 heterocycles. The number of nitrogens with zero attached hydrogens (tertiary/aromatic N) is 1. The van der Waals surface area contributed by atoms with Crippen molar-refractivity contribution in [1.29, 1.82) is 0 Å². The third-order valence-corrected chi connectivity index (χ3v) is 5.88. The molecule has 160 valence electrons. The molecule has 1 amide bonds. The van der Waals surface area contributed by atoms with E-state index in [9.17, 15) is 23.5 Å². The number of rotatable bonds is 11. The molecule has 0 aromatic heterocycles. The Morgan fingerprint density at radius 1 is 1.31 bits per heavy atom. The van der Waals surface area contributed by atoms with Gasteiger partial charge in [-0.1, -0.05) is 42.5 Å². The molecule has 0 radical (unpaired) electrons. The van der Waals surface area contributed by atoms with Gasteiger partial charge in [0.2, 0.25) is 5.91 Å². The minimum atomic E-state index is -3.41. The number of aliphatic carboxylic acids is 1. The molecule has 0 aliphatic carbocycles. The van der Waals surface area contributed by atoms with Gasteiger partial charge in [-0.2, -0.15) is 20.5 Å². The van der Waals surface area contributed by atoms with Gasteiger partial charge in [-0.15, -0.1) is 0 Å². The fourth-order valence-corrected chi connectivity index (χ4v) is 4.08. The van der Waals surface area contributed by atoms with E-state index in [2.05, 4.69) is 0 Å². The molecular weight excluding hydrogens is 400 g/mol. The third kappa shape index (κ3) is 7.12. The maximum absolute atomic E-state index is 14.4. The van der Waals surface area contributed by atoms with Crippen LogP contribution in [0.1, 0.15) is 37.7 Å². The van der Waals surface area contributed by atoms with Crippen LogP contribution in [0.2, 0.25) is 0 Å². The standard InChI is InChI=1S/C21H27F2NO4S/c22-21(23,16-6-2-1-3-7-16)18(25)11-10-17-8-4-9-19(26)24(17)13-5-14-29-15-12-20(27)28/h1-3,6-7,10-11,17-18,25H,4-5,8-9,12-15H2,(H,27,28)/b11-10+/t17-,18-/m1/s1. The van der Waals surface area contributed by atoms with Gasteiger partial charge in [-0.25, -0.2) is 0 Å². The molecule has 1 aliphatic rings. The quantitative estimate of drug-likeness (QED) is 0.416. The lowest BCUT2D eigenvalue weighted by atomic mass is 9.98. The first kappa shape index (κ1) is 23.3. The smallest absolute Gasteiger partial charge is 0.304 e. The lowest BCUT2D eigenvalue weighted by Gasteiger charge is -2.34. The lowest BCUT2D eigenvalue weighted by Crippen LogP contribution is -2.43. The Balaban J connectivity index is 1.92. The van der Waals surface area contributed by atoms with Gasteiger partial charge in [-0.05, 0) is 25.0 Å². The van der Waals surface area contributed by atoms with Crippen LogP contribution < -0.4 is 0 Å². The molecule has 0 saturated carbocycles. The predicted octanol–water partition coefficient (Wildman–Crippen LogP) is 3.67. The number of carboxylic acids is 1. The van der Waals surface area contributed by atoms with Crippen molar-refractivity contribution < 1.29 is 28.6 Å². The van der Waals surface area contributed by atoms with Crippen molar-refractivity contribution in [1.82, 2.24) is 4.90 Å². The molecule has 0 unspecified atom stereocenters. The van der Waals surface area contributed by atoms with E-state index >= 15 is 0 Å². The summed E-state index contributed by atoms with van der Waals surface area (Å²) in [5, 5.41) is 18.7. The normalized spacial score (nSPS) is 18.9. The molecule has 1 aromatic rings. The maximum Gasteiger partial charge on any atom is 0.304 e. The molecule has 1 aromatic carbocycles. The Bertz CT molecular complexity index is 699. The molecule has 29 heavy (non-hydrogen) atoms. The van der Waals surface area contributed by atoms with Crippen LogP contribution in [0.4, 0.5) is 8.78 Å². The van der Waals surface area contributed by atoms with Gasteiger partial charge in [-0.3, -0.25) is 9.59 Å². The van der Waals surface area contributed by atoms with Gasteiger partial charge in [0.1, 0.15) is 6.10 Å². The Morgan fingerprint density at radius 3 is 2.72 bits per heavy atom. The summed E-state index contributed by atoms with van der Waals surface area (Å²) >= 11 is 1.52. The number of alkyl halides is 2. The Hall–Kier alpha value is -1.93. The van der Waals surface area contributed by atoms with Crippen LogP contribution in [-0.4, -0.2) is 57.2 Å². The first-order valence-corrected chi connectivity index (χ1v) is 10.9. The second-order valence-electron chi connectivity index (χ2n) is 6.98. The highest BCUT2D eigenvalue weighted by Crippen LogP contribution is 2.32. The van der Waals surface area contributed by atoms with Gasteiger partial charge < -0.3 is 15.1 Å². The Morgan fingerprint density at radius 2 is 2.03 bits per heavy atom. The van der Waals surface area contributed by atoms with E-state index in [4.69, 9.17) is 5.11 Å². The molecule has 5 nitrogen and oxygen atoms in total. The van der Waals surface area contributed by atoms with E-state index in [-0.39, 0.29) is 23.9 Å². The molecule has 0 spiro atoms. The van der Waals surface area contributed by atoms with Crippen LogP contribution in [-0.2, 0) is 15.5 Å². The second-order valence-corrected chi connectivity index (χ2v) is 8.20. The van der Waals surface area contributed by atoms with Crippen molar-refractivity contribution in [2.45, 2.75) is 50.2 Å². The number of likely N-dealkylation sites (tertiary alicyclic amines) is 1. The van der Waals surface area contributed by atoms with Gasteiger partial charge >= 0.3 is 11.9 Å². The van der Waals surface area contributed by atoms with E-state index in [1.807, 2.05) is 0 Å². The topological polar surface area (TPSA) is 77.8 Å². The zero-order valence-electron chi connectivity index (χ0n) is 16.2. The zero-order chi connectivity index (χ0) is 21.3. The van der Waals surface area contributed by atoms with Crippen LogP contribution in [0.5, 0.6) is 0 Å². The van der Waals surface area contributed by atoms with Crippen LogP contribution >= 0.6 is 11.8 Å². The molecule has 0 bridgehead atoms. The number of aliphatic hydroxyl groups excluding tert-OH is 1. The summed E-state index contributed by atoms with van der Waals surface area (Å²) < 4.78 is 28.9. The Labute approximate surface area is 173 Å². The molecule has 1 aliphatic heterocycles. The molecule has 8 heteroatoms. The number of piperidine rings is 1. The molecule has 1 saturated heterocycles. The van der Waals surface area contributed by atoms with Crippen LogP contribution in [0, 0.1) is 0 Å². The number of aliphatic hydroxyl groups is 1. The first-order valence-electron chi connectivity index (χ1n) is 9.71. The molecule has 2 atom stereocenters. The fourth-order valence-electron chi connectivity index (χ4n) is 3.22. The van der Waals surface area contributed by atoms with Crippen molar-refractivity contribution in [2.75, 3.05) is 18.1 Å². The number of amides is 1. The van der Waals surface area contributed by atoms with Crippen LogP contribution in [0.3, 0.4) is 0 Å². The van der Waals surface area contributed by atoms with Crippen LogP contribution in [0.15, 0.2) is 42.5 Å². The average molecular weight is 428 g/mol. The summed E-state index contributed by atoms with van der Waals surface area (Å²) in [6.45, 7) is 0.485. The molecular formula is C21H27F2NO4S. The molecule has 2 rings (SSSR count). The number of halogens is 2. The number of carboxylic acid groups (broad SMARTS) is 1. The average Bonchev–Trinajstić information content (AvgIpc) is 2.70. The number of carbonyl (C=O) groups is 2. The first-order chi connectivity index (χ1) is 13.8. The van der Waals surface area contributed by atoms with E-state index in [0.717, 1.165) is 11.8 Å². The number of hydrogen-bond acceptors (Lipinski definition) is 4. The monoisotopic (exact) mass is 427 g/mol. The summed E-state index contributed by atoms with van der Waals surface area (Å²) in [5.41, 5.74) is -0.257. The van der Waals surface area contributed by atoms with Gasteiger partial charge in [0.15, 0.2) is 0 Å². The highest BCUT2D eigenvalue weighted by atomic mass is 32.2. The molecule has 1 fully saturated rings. The number of carbonyl (C=O) groups excluding carboxylic acids is 1. The second kappa shape index (κ2) is 11.3. The fraction of sp³-hybridized carbons (Fsp3) is 0.524. The van der Waals surface area contributed by atoms with Gasteiger partial charge in [0, 0.05) is 24.3 Å². The highest BCUT2D eigenvalue weighted by Gasteiger charge is 2.39. The minimum Gasteiger partial charge on any atom is -0.481 e. The van der Waals surface area contributed by atoms with Crippen LogP contribution in [0.25, 0.3) is 0 Å². The van der Waals surface area contributed by atoms with Crippen molar-refractivity contribution in [3.63, 3.8) is 0 Å². The van der Waals surface area contributed by atoms with Crippen molar-refractivity contribution in [2.24, 2.45) is 0 Å². The minimum absolute atomic E-state index is 0.0225. The number of hydrogen-bond donors (Lipinski definition) is 2. The van der Waals surface area contributed by atoms with Gasteiger partial charge in [0.25, 0.3) is 0 Å². The largest absolute Gasteiger partial charge is 0.481 e. The lowest BCUT2D eigenvalue weighted by molar-refractivity contribution is -0.136. The Kier molecular flexibility index (Phi) is 9.10. The zero-order valence-corrected chi connectivity index (χ0v) is 17.0. The SMILES string of the molecule is O=C(O)CCSCCCN1C(=O)CCC[C@@H]1/C=C/[C@@H](O)C(F)(F)c1ccccc1. The van der Waals surface area contributed by atoms with E-state index < -0.39 is 18.0 Å². The number of benzene rings is 1. The van der Waals surface area contributed by atoms with Crippen molar-refractivity contribution in [3.8, 4) is 0 Å². The third-order valence-electron chi connectivity index (χ3n) is 4.80. The summed E-state index contributed by atoms with van der Waals surface area (Å²) in [7, 11) is 0. The van der Waals surface area contributed by atoms with E-state index in [1.165, 1.54) is 42.1 Å². The summed E-state index contributed by atoms with van der Waals surface area (Å²) in [4.78, 5) is 24.5. The number of thioether (sulfide) groups is 1. The van der Waals surface area contributed by atoms with Gasteiger partial charge in [0.05, 0.1) is 12.5 Å². The predicted molar refractivity (Wildman–Crippen MR) is 109 cm³/mol. The van der Waals surface area contributed by atoms with Crippen molar-refractivity contribution in [3.05, 3.63) is 48.0 Å². The summed E-state index contributed by atoms with van der Waals surface area (Å²) in [5.74, 6) is -3.03. The van der Waals surface area contributed by atoms with Crippen molar-refractivity contribution >= 4 is 23.6 Å². The highest BCUT2D eigenvalue weighted by molar-refractivity contribution is 7.99. The van der Waals surface area contributed by atoms with E-state index in [1.54, 1.807) is 11.0 Å². The molecule has 2 N–H and O–H groups in total. The maximum atomic E-state index is 14.4. The van der Waals surface area contributed by atoms with E-state index in [0.29, 0.717) is 38.0 Å². The summed E-state index contributed by atoms with van der Waals surface area (Å²) in [6.07, 6.45) is 3.20.